The number of rotatable bonds is 7. The summed E-state index contributed by atoms with van der Waals surface area (Å²) < 4.78 is 51.7. The number of benzene rings is 1. The van der Waals surface area contributed by atoms with Crippen LogP contribution >= 0.6 is 11.8 Å². The van der Waals surface area contributed by atoms with Crippen molar-refractivity contribution in [2.24, 2.45) is 5.73 Å². The molecule has 8 heteroatoms. The highest BCUT2D eigenvalue weighted by atomic mass is 32.2. The number of nitrogens with two attached hydrogens (primary N) is 1. The summed E-state index contributed by atoms with van der Waals surface area (Å²) in [6.45, 7) is 0.176. The van der Waals surface area contributed by atoms with E-state index in [1.165, 1.54) is 14.2 Å². The Labute approximate surface area is 119 Å². The second-order valence-corrected chi connectivity index (χ2v) is 4.84. The van der Waals surface area contributed by atoms with Gasteiger partial charge in [-0.2, -0.15) is 13.2 Å². The molecule has 114 valence electrons. The molecule has 20 heavy (non-hydrogen) atoms. The van der Waals surface area contributed by atoms with Crippen LogP contribution in [0, 0.1) is 0 Å². The second-order valence-electron chi connectivity index (χ2n) is 3.68. The molecule has 0 fully saturated rings. The van der Waals surface area contributed by atoms with Crippen molar-refractivity contribution in [3.63, 3.8) is 0 Å². The van der Waals surface area contributed by atoms with Gasteiger partial charge >= 0.3 is 5.51 Å². The Bertz CT molecular complexity index is 415. The third-order valence-corrected chi connectivity index (χ3v) is 3.05. The summed E-state index contributed by atoms with van der Waals surface area (Å²) in [6, 6.07) is 3.32. The maximum atomic E-state index is 12.0. The molecule has 4 nitrogen and oxygen atoms in total. The Morgan fingerprint density at radius 2 is 1.70 bits per heavy atom. The van der Waals surface area contributed by atoms with Crippen molar-refractivity contribution in [2.75, 3.05) is 26.6 Å². The smallest absolute Gasteiger partial charge is 0.441 e. The fourth-order valence-electron chi connectivity index (χ4n) is 1.50. The normalized spacial score (nSPS) is 11.3. The van der Waals surface area contributed by atoms with Crippen LogP contribution in [0.15, 0.2) is 12.1 Å². The molecule has 0 heterocycles. The Kier molecular flexibility index (Phi) is 6.28. The maximum absolute atomic E-state index is 12.0. The van der Waals surface area contributed by atoms with Crippen LogP contribution in [0.3, 0.4) is 0 Å². The molecule has 0 aliphatic rings. The van der Waals surface area contributed by atoms with Crippen LogP contribution < -0.4 is 19.9 Å². The van der Waals surface area contributed by atoms with Gasteiger partial charge in [0.1, 0.15) is 0 Å². The molecule has 0 bridgehead atoms. The average molecular weight is 311 g/mol. The van der Waals surface area contributed by atoms with Crippen LogP contribution in [-0.2, 0) is 6.54 Å². The van der Waals surface area contributed by atoms with E-state index < -0.39 is 5.51 Å². The number of halogens is 3. The number of methoxy groups -OCH3 is 2. The van der Waals surface area contributed by atoms with Gasteiger partial charge in [0.15, 0.2) is 11.5 Å². The van der Waals surface area contributed by atoms with Crippen LogP contribution in [0.2, 0.25) is 0 Å². The average Bonchev–Trinajstić information content (AvgIpc) is 2.41. The largest absolute Gasteiger partial charge is 0.493 e. The summed E-state index contributed by atoms with van der Waals surface area (Å²) in [5.74, 6) is 0.813. The molecule has 1 aromatic rings. The maximum Gasteiger partial charge on any atom is 0.441 e. The lowest BCUT2D eigenvalue weighted by Crippen LogP contribution is -2.09. The number of hydrogen-bond donors (Lipinski definition) is 1. The van der Waals surface area contributed by atoms with Gasteiger partial charge in [0.25, 0.3) is 0 Å². The molecule has 1 rings (SSSR count). The van der Waals surface area contributed by atoms with Gasteiger partial charge in [-0.1, -0.05) is 0 Å². The van der Waals surface area contributed by atoms with Crippen LogP contribution in [0.1, 0.15) is 5.56 Å². The molecule has 0 aliphatic heterocycles. The summed E-state index contributed by atoms with van der Waals surface area (Å²) >= 11 is -0.139. The number of hydrogen-bond acceptors (Lipinski definition) is 5. The SMILES string of the molecule is COc1cc(CN)cc(OC)c1OCCSC(F)(F)F. The summed E-state index contributed by atoms with van der Waals surface area (Å²) in [4.78, 5) is 0. The lowest BCUT2D eigenvalue weighted by atomic mass is 10.2. The van der Waals surface area contributed by atoms with E-state index in [1.807, 2.05) is 0 Å². The van der Waals surface area contributed by atoms with E-state index in [0.717, 1.165) is 5.56 Å². The fraction of sp³-hybridized carbons (Fsp3) is 0.500. The van der Waals surface area contributed by atoms with E-state index in [1.54, 1.807) is 12.1 Å². The molecule has 0 aromatic heterocycles. The molecular formula is C12H16F3NO3S. The van der Waals surface area contributed by atoms with Crippen LogP contribution in [0.4, 0.5) is 13.2 Å². The van der Waals surface area contributed by atoms with Crippen molar-refractivity contribution < 1.29 is 27.4 Å². The lowest BCUT2D eigenvalue weighted by Gasteiger charge is -2.16. The first kappa shape index (κ1) is 16.8. The first-order chi connectivity index (χ1) is 9.41. The summed E-state index contributed by atoms with van der Waals surface area (Å²) in [7, 11) is 2.87. The van der Waals surface area contributed by atoms with Gasteiger partial charge in [-0.25, -0.2) is 0 Å². The summed E-state index contributed by atoms with van der Waals surface area (Å²) in [5.41, 5.74) is 2.05. The van der Waals surface area contributed by atoms with Crippen molar-refractivity contribution in [2.45, 2.75) is 12.1 Å². The minimum atomic E-state index is -4.26. The highest BCUT2D eigenvalue weighted by Crippen LogP contribution is 2.39. The van der Waals surface area contributed by atoms with Crippen molar-refractivity contribution in [3.05, 3.63) is 17.7 Å². The zero-order valence-corrected chi connectivity index (χ0v) is 11.9. The predicted molar refractivity (Wildman–Crippen MR) is 71.4 cm³/mol. The second kappa shape index (κ2) is 7.49. The predicted octanol–water partition coefficient (Wildman–Crippen LogP) is 2.79. The molecule has 0 atom stereocenters. The third kappa shape index (κ3) is 5.01. The Hall–Kier alpha value is -1.28. The number of alkyl halides is 3. The topological polar surface area (TPSA) is 53.7 Å². The number of ether oxygens (including phenoxy) is 3. The summed E-state index contributed by atoms with van der Waals surface area (Å²) in [6.07, 6.45) is 0. The van der Waals surface area contributed by atoms with Gasteiger partial charge in [0, 0.05) is 12.3 Å². The van der Waals surface area contributed by atoms with Crippen molar-refractivity contribution >= 4 is 11.8 Å². The molecular weight excluding hydrogens is 295 g/mol. The quantitative estimate of drug-likeness (QED) is 0.785. The third-order valence-electron chi connectivity index (χ3n) is 2.35. The Balaban J connectivity index is 2.77. The molecule has 0 saturated heterocycles. The van der Waals surface area contributed by atoms with Crippen molar-refractivity contribution in [1.29, 1.82) is 0 Å². The van der Waals surface area contributed by atoms with Gasteiger partial charge in [-0.15, -0.1) is 0 Å². The standard InChI is InChI=1S/C12H16F3NO3S/c1-17-9-5-8(7-16)6-10(18-2)11(9)19-3-4-20-12(13,14)15/h5-6H,3-4,7,16H2,1-2H3. The highest BCUT2D eigenvalue weighted by molar-refractivity contribution is 8.00. The van der Waals surface area contributed by atoms with E-state index in [4.69, 9.17) is 19.9 Å². The van der Waals surface area contributed by atoms with Gasteiger partial charge in [-0.3, -0.25) is 0 Å². The molecule has 0 amide bonds. The molecule has 0 radical (unpaired) electrons. The monoisotopic (exact) mass is 311 g/mol. The highest BCUT2D eigenvalue weighted by Gasteiger charge is 2.27. The van der Waals surface area contributed by atoms with E-state index in [2.05, 4.69) is 0 Å². The minimum Gasteiger partial charge on any atom is -0.493 e. The summed E-state index contributed by atoms with van der Waals surface area (Å²) in [5, 5.41) is 0. The molecule has 2 N–H and O–H groups in total. The van der Waals surface area contributed by atoms with E-state index in [0.29, 0.717) is 11.5 Å². The fourth-order valence-corrected chi connectivity index (χ4v) is 1.89. The molecule has 0 saturated carbocycles. The van der Waals surface area contributed by atoms with Gasteiger partial charge in [-0.05, 0) is 29.5 Å². The van der Waals surface area contributed by atoms with Crippen molar-refractivity contribution in [3.8, 4) is 17.2 Å². The van der Waals surface area contributed by atoms with Crippen LogP contribution in [0.5, 0.6) is 17.2 Å². The van der Waals surface area contributed by atoms with E-state index in [-0.39, 0.29) is 36.4 Å². The molecule has 0 spiro atoms. The Morgan fingerprint density at radius 1 is 1.15 bits per heavy atom. The van der Waals surface area contributed by atoms with Gasteiger partial charge in [0.2, 0.25) is 5.75 Å². The van der Waals surface area contributed by atoms with Crippen LogP contribution in [0.25, 0.3) is 0 Å². The molecule has 1 aromatic carbocycles. The zero-order chi connectivity index (χ0) is 15.2. The van der Waals surface area contributed by atoms with Crippen molar-refractivity contribution in [1.82, 2.24) is 0 Å². The van der Waals surface area contributed by atoms with Crippen LogP contribution in [-0.4, -0.2) is 32.1 Å². The zero-order valence-electron chi connectivity index (χ0n) is 11.1. The van der Waals surface area contributed by atoms with E-state index >= 15 is 0 Å². The molecule has 0 unspecified atom stereocenters. The first-order valence-electron chi connectivity index (χ1n) is 5.69. The molecule has 0 aliphatic carbocycles. The minimum absolute atomic E-state index is 0.112. The van der Waals surface area contributed by atoms with E-state index in [9.17, 15) is 13.2 Å². The number of thioether (sulfide) groups is 1. The Morgan fingerprint density at radius 3 is 2.10 bits per heavy atom. The van der Waals surface area contributed by atoms with Gasteiger partial charge in [0.05, 0.1) is 20.8 Å². The first-order valence-corrected chi connectivity index (χ1v) is 6.68. The van der Waals surface area contributed by atoms with Gasteiger partial charge < -0.3 is 19.9 Å². The lowest BCUT2D eigenvalue weighted by molar-refractivity contribution is -0.0329.